The largest absolute Gasteiger partial charge is 0.444 e. The molecule has 182 valence electrons. The number of nitrogens with zero attached hydrogens (tertiary/aromatic N) is 3. The zero-order valence-electron chi connectivity index (χ0n) is 19.3. The van der Waals surface area contributed by atoms with Crippen LogP contribution >= 0.6 is 0 Å². The molecule has 0 aromatic heterocycles. The zero-order chi connectivity index (χ0) is 24.2. The van der Waals surface area contributed by atoms with Crippen LogP contribution in [0.5, 0.6) is 5.75 Å². The fourth-order valence-electron chi connectivity index (χ4n) is 4.04. The molecule has 0 aliphatic carbocycles. The molecule has 2 aliphatic rings. The molecule has 0 spiro atoms. The predicted molar refractivity (Wildman–Crippen MR) is 116 cm³/mol. The summed E-state index contributed by atoms with van der Waals surface area (Å²) in [6.07, 6.45) is 0.766. The maximum absolute atomic E-state index is 13.0. The number of halogens is 2. The number of piperidine rings is 1. The second kappa shape index (κ2) is 10.4. The van der Waals surface area contributed by atoms with E-state index in [9.17, 15) is 23.2 Å². The van der Waals surface area contributed by atoms with E-state index in [2.05, 4.69) is 4.74 Å². The number of benzene rings is 1. The Hall–Kier alpha value is -2.91. The van der Waals surface area contributed by atoms with E-state index in [1.54, 1.807) is 20.8 Å². The molecule has 0 saturated carbocycles. The molecule has 1 aromatic rings. The van der Waals surface area contributed by atoms with Gasteiger partial charge in [0.1, 0.15) is 11.4 Å². The molecule has 2 aliphatic heterocycles. The molecule has 3 rings (SSSR count). The average Bonchev–Trinajstić information content (AvgIpc) is 2.77. The summed E-state index contributed by atoms with van der Waals surface area (Å²) < 4.78 is 35.1. The molecule has 0 radical (unpaired) electrons. The lowest BCUT2D eigenvalue weighted by atomic mass is 9.95. The highest BCUT2D eigenvalue weighted by Crippen LogP contribution is 2.25. The summed E-state index contributed by atoms with van der Waals surface area (Å²) in [5.74, 6) is -0.713. The Labute approximate surface area is 192 Å². The first kappa shape index (κ1) is 24.7. The number of alkyl halides is 2. The topological polar surface area (TPSA) is 79.4 Å². The van der Waals surface area contributed by atoms with Crippen LogP contribution in [0.15, 0.2) is 24.3 Å². The van der Waals surface area contributed by atoms with E-state index in [4.69, 9.17) is 4.74 Å². The van der Waals surface area contributed by atoms with Gasteiger partial charge in [-0.1, -0.05) is 12.1 Å². The highest BCUT2D eigenvalue weighted by molar-refractivity contribution is 5.97. The Morgan fingerprint density at radius 2 is 1.48 bits per heavy atom. The highest BCUT2D eigenvalue weighted by Gasteiger charge is 2.34. The van der Waals surface area contributed by atoms with Crippen LogP contribution in [0.4, 0.5) is 13.6 Å². The minimum absolute atomic E-state index is 0.0207. The van der Waals surface area contributed by atoms with Gasteiger partial charge in [-0.15, -0.1) is 0 Å². The molecular weight excluding hydrogens is 436 g/mol. The summed E-state index contributed by atoms with van der Waals surface area (Å²) >= 11 is 0. The first-order chi connectivity index (χ1) is 15.5. The van der Waals surface area contributed by atoms with Crippen molar-refractivity contribution in [2.45, 2.75) is 45.8 Å². The molecule has 0 bridgehead atoms. The van der Waals surface area contributed by atoms with E-state index in [1.165, 1.54) is 18.2 Å². The van der Waals surface area contributed by atoms with Gasteiger partial charge < -0.3 is 24.2 Å². The lowest BCUT2D eigenvalue weighted by molar-refractivity contribution is -0.138. The van der Waals surface area contributed by atoms with E-state index in [0.717, 1.165) is 0 Å². The first-order valence-corrected chi connectivity index (χ1v) is 11.1. The number of likely N-dealkylation sites (tertiary alicyclic amines) is 1. The number of ether oxygens (including phenoxy) is 2. The zero-order valence-corrected chi connectivity index (χ0v) is 19.3. The SMILES string of the molecule is CC(C)(C)OC(=O)N1CCC(C(=O)N2CCN(C(=O)c3ccccc3OC(F)F)CC2)CC1. The fourth-order valence-corrected chi connectivity index (χ4v) is 4.04. The lowest BCUT2D eigenvalue weighted by Gasteiger charge is -2.38. The Balaban J connectivity index is 1.50. The second-order valence-electron chi connectivity index (χ2n) is 9.23. The standard InChI is InChI=1S/C23H31F2N3O5/c1-23(2,3)33-22(31)28-10-8-16(9-11-28)19(29)26-12-14-27(15-13-26)20(30)17-6-4-5-7-18(17)32-21(24)25/h4-7,16,21H,8-15H2,1-3H3. The van der Waals surface area contributed by atoms with Crippen molar-refractivity contribution in [1.82, 2.24) is 14.7 Å². The van der Waals surface area contributed by atoms with Crippen molar-refractivity contribution in [2.24, 2.45) is 5.92 Å². The van der Waals surface area contributed by atoms with Crippen molar-refractivity contribution in [3.8, 4) is 5.75 Å². The van der Waals surface area contributed by atoms with E-state index in [0.29, 0.717) is 52.1 Å². The average molecular weight is 468 g/mol. The molecule has 33 heavy (non-hydrogen) atoms. The molecule has 0 N–H and O–H groups in total. The lowest BCUT2D eigenvalue weighted by Crippen LogP contribution is -2.53. The molecule has 2 fully saturated rings. The van der Waals surface area contributed by atoms with Gasteiger partial charge in [-0.2, -0.15) is 8.78 Å². The monoisotopic (exact) mass is 467 g/mol. The predicted octanol–water partition coefficient (Wildman–Crippen LogP) is 3.22. The van der Waals surface area contributed by atoms with Crippen LogP contribution in [0.1, 0.15) is 44.0 Å². The summed E-state index contributed by atoms with van der Waals surface area (Å²) in [5.41, 5.74) is -0.487. The number of hydrogen-bond acceptors (Lipinski definition) is 5. The maximum Gasteiger partial charge on any atom is 0.410 e. The number of rotatable bonds is 4. The smallest absolute Gasteiger partial charge is 0.410 e. The Morgan fingerprint density at radius 3 is 2.06 bits per heavy atom. The third-order valence-electron chi connectivity index (χ3n) is 5.71. The molecule has 2 saturated heterocycles. The van der Waals surface area contributed by atoms with Gasteiger partial charge in [-0.3, -0.25) is 9.59 Å². The summed E-state index contributed by atoms with van der Waals surface area (Å²) in [5, 5.41) is 0. The number of hydrogen-bond donors (Lipinski definition) is 0. The van der Waals surface area contributed by atoms with Crippen LogP contribution in [0.2, 0.25) is 0 Å². The second-order valence-corrected chi connectivity index (χ2v) is 9.23. The maximum atomic E-state index is 13.0. The summed E-state index contributed by atoms with van der Waals surface area (Å²) in [7, 11) is 0. The van der Waals surface area contributed by atoms with Gasteiger partial charge in [0.2, 0.25) is 5.91 Å². The minimum atomic E-state index is -3.02. The third-order valence-corrected chi connectivity index (χ3v) is 5.71. The van der Waals surface area contributed by atoms with Crippen LogP contribution in [0.3, 0.4) is 0 Å². The summed E-state index contributed by atoms with van der Waals surface area (Å²) in [6.45, 7) is 4.71. The Bertz CT molecular complexity index is 858. The van der Waals surface area contributed by atoms with Gasteiger partial charge in [0, 0.05) is 45.2 Å². The first-order valence-electron chi connectivity index (χ1n) is 11.1. The molecule has 0 atom stereocenters. The van der Waals surface area contributed by atoms with Gasteiger partial charge >= 0.3 is 12.7 Å². The van der Waals surface area contributed by atoms with Gasteiger partial charge in [-0.25, -0.2) is 4.79 Å². The number of amides is 3. The molecule has 0 unspecified atom stereocenters. The third kappa shape index (κ3) is 6.55. The van der Waals surface area contributed by atoms with Crippen LogP contribution < -0.4 is 4.74 Å². The molecule has 8 nitrogen and oxygen atoms in total. The van der Waals surface area contributed by atoms with Crippen LogP contribution in [0, 0.1) is 5.92 Å². The van der Waals surface area contributed by atoms with Crippen molar-refractivity contribution in [1.29, 1.82) is 0 Å². The molecule has 10 heteroatoms. The van der Waals surface area contributed by atoms with Crippen LogP contribution in [-0.2, 0) is 9.53 Å². The molecule has 2 heterocycles. The van der Waals surface area contributed by atoms with Gasteiger partial charge in [0.05, 0.1) is 5.56 Å². The minimum Gasteiger partial charge on any atom is -0.444 e. The van der Waals surface area contributed by atoms with E-state index < -0.39 is 18.1 Å². The van der Waals surface area contributed by atoms with Crippen molar-refractivity contribution >= 4 is 17.9 Å². The fraction of sp³-hybridized carbons (Fsp3) is 0.609. The van der Waals surface area contributed by atoms with E-state index in [1.807, 2.05) is 20.8 Å². The number of carbonyl (C=O) groups is 3. The summed E-state index contributed by atoms with van der Waals surface area (Å²) in [6, 6.07) is 5.91. The number of piperazine rings is 1. The highest BCUT2D eigenvalue weighted by atomic mass is 19.3. The number of carbonyl (C=O) groups excluding carboxylic acids is 3. The normalized spacial score (nSPS) is 17.8. The van der Waals surface area contributed by atoms with Crippen molar-refractivity contribution < 1.29 is 32.6 Å². The number of para-hydroxylation sites is 1. The quantitative estimate of drug-likeness (QED) is 0.680. The molecular formula is C23H31F2N3O5. The van der Waals surface area contributed by atoms with Crippen molar-refractivity contribution in [3.63, 3.8) is 0 Å². The van der Waals surface area contributed by atoms with E-state index >= 15 is 0 Å². The van der Waals surface area contributed by atoms with Crippen LogP contribution in [-0.4, -0.2) is 84.1 Å². The van der Waals surface area contributed by atoms with Crippen molar-refractivity contribution in [3.05, 3.63) is 29.8 Å². The van der Waals surface area contributed by atoms with Gasteiger partial charge in [0.25, 0.3) is 5.91 Å². The Morgan fingerprint density at radius 1 is 0.909 bits per heavy atom. The van der Waals surface area contributed by atoms with E-state index in [-0.39, 0.29) is 29.2 Å². The Kier molecular flexibility index (Phi) is 7.76. The van der Waals surface area contributed by atoms with Gasteiger partial charge in [-0.05, 0) is 45.7 Å². The van der Waals surface area contributed by atoms with Crippen LogP contribution in [0.25, 0.3) is 0 Å². The summed E-state index contributed by atoms with van der Waals surface area (Å²) in [4.78, 5) is 42.9. The van der Waals surface area contributed by atoms with Gasteiger partial charge in [0.15, 0.2) is 0 Å². The van der Waals surface area contributed by atoms with Crippen molar-refractivity contribution in [2.75, 3.05) is 39.3 Å². The molecule has 1 aromatic carbocycles. The molecule has 3 amide bonds.